The zero-order valence-electron chi connectivity index (χ0n) is 19.7. The summed E-state index contributed by atoms with van der Waals surface area (Å²) in [6.07, 6.45) is 4.68. The lowest BCUT2D eigenvalue weighted by Gasteiger charge is -2.30. The molecule has 0 atom stereocenters. The number of fused-ring (bicyclic) bond motifs is 1. The van der Waals surface area contributed by atoms with E-state index >= 15 is 0 Å². The maximum atomic E-state index is 12.8. The summed E-state index contributed by atoms with van der Waals surface area (Å²) in [5, 5.41) is 9.15. The van der Waals surface area contributed by atoms with Crippen molar-refractivity contribution in [1.82, 2.24) is 24.6 Å². The minimum atomic E-state index is -0.174. The van der Waals surface area contributed by atoms with E-state index in [1.165, 1.54) is 0 Å². The van der Waals surface area contributed by atoms with Gasteiger partial charge in [0.1, 0.15) is 5.82 Å². The van der Waals surface area contributed by atoms with E-state index in [1.54, 1.807) is 6.07 Å². The van der Waals surface area contributed by atoms with Crippen molar-refractivity contribution < 1.29 is 0 Å². The molecule has 2 aromatic heterocycles. The molecule has 8 heteroatoms. The van der Waals surface area contributed by atoms with Crippen molar-refractivity contribution in [2.24, 2.45) is 0 Å². The summed E-state index contributed by atoms with van der Waals surface area (Å²) < 4.78 is 1.88. The van der Waals surface area contributed by atoms with Crippen LogP contribution in [0.3, 0.4) is 0 Å². The van der Waals surface area contributed by atoms with Crippen molar-refractivity contribution in [3.8, 4) is 5.69 Å². The molecule has 0 radical (unpaired) electrons. The minimum Gasteiger partial charge on any atom is -0.381 e. The van der Waals surface area contributed by atoms with Gasteiger partial charge >= 0.3 is 0 Å². The summed E-state index contributed by atoms with van der Waals surface area (Å²) in [5.41, 5.74) is 5.55. The van der Waals surface area contributed by atoms with Gasteiger partial charge in [-0.2, -0.15) is 5.10 Å². The van der Waals surface area contributed by atoms with Gasteiger partial charge in [0.2, 0.25) is 0 Å². The summed E-state index contributed by atoms with van der Waals surface area (Å²) in [6.45, 7) is 6.17. The number of benzene rings is 2. The molecule has 0 spiro atoms. The predicted molar refractivity (Wildman–Crippen MR) is 137 cm³/mol. The van der Waals surface area contributed by atoms with Gasteiger partial charge in [-0.25, -0.2) is 9.67 Å². The van der Waals surface area contributed by atoms with Crippen LogP contribution >= 0.6 is 11.6 Å². The fourth-order valence-corrected chi connectivity index (χ4v) is 4.63. The van der Waals surface area contributed by atoms with Crippen LogP contribution in [0.4, 0.5) is 5.69 Å². The average Bonchev–Trinajstić information content (AvgIpc) is 3.15. The maximum Gasteiger partial charge on any atom is 0.258 e. The van der Waals surface area contributed by atoms with Gasteiger partial charge in [-0.05, 0) is 82.2 Å². The number of hydrogen-bond donors (Lipinski definition) is 2. The van der Waals surface area contributed by atoms with Gasteiger partial charge in [-0.1, -0.05) is 23.7 Å². The molecule has 1 aliphatic heterocycles. The summed E-state index contributed by atoms with van der Waals surface area (Å²) >= 11 is 6.51. The van der Waals surface area contributed by atoms with E-state index in [0.29, 0.717) is 34.2 Å². The highest BCUT2D eigenvalue weighted by molar-refractivity contribution is 6.34. The number of piperidine rings is 1. The van der Waals surface area contributed by atoms with Gasteiger partial charge in [-0.15, -0.1) is 0 Å². The molecular formula is C26H29ClN6O. The molecule has 1 fully saturated rings. The van der Waals surface area contributed by atoms with Crippen LogP contribution in [0.5, 0.6) is 0 Å². The summed E-state index contributed by atoms with van der Waals surface area (Å²) in [6, 6.07) is 12.1. The Labute approximate surface area is 203 Å². The Bertz CT molecular complexity index is 1360. The number of rotatable bonds is 5. The highest BCUT2D eigenvalue weighted by Crippen LogP contribution is 2.28. The summed E-state index contributed by atoms with van der Waals surface area (Å²) in [7, 11) is 2.14. The van der Waals surface area contributed by atoms with Crippen LogP contribution in [0.25, 0.3) is 16.6 Å². The first-order valence-electron chi connectivity index (χ1n) is 11.7. The van der Waals surface area contributed by atoms with Gasteiger partial charge in [0, 0.05) is 18.7 Å². The van der Waals surface area contributed by atoms with Crippen molar-refractivity contribution in [2.75, 3.05) is 25.5 Å². The first-order chi connectivity index (χ1) is 16.4. The van der Waals surface area contributed by atoms with Crippen molar-refractivity contribution in [1.29, 1.82) is 0 Å². The third kappa shape index (κ3) is 4.72. The van der Waals surface area contributed by atoms with Crippen molar-refractivity contribution in [2.45, 2.75) is 39.2 Å². The lowest BCUT2D eigenvalue weighted by atomic mass is 10.0. The molecule has 1 saturated heterocycles. The molecule has 0 unspecified atom stereocenters. The highest BCUT2D eigenvalue weighted by atomic mass is 35.5. The largest absolute Gasteiger partial charge is 0.381 e. The smallest absolute Gasteiger partial charge is 0.258 e. The topological polar surface area (TPSA) is 78.8 Å². The average molecular weight is 477 g/mol. The number of H-pyrrole nitrogens is 1. The third-order valence-electron chi connectivity index (χ3n) is 6.64. The molecule has 34 heavy (non-hydrogen) atoms. The monoisotopic (exact) mass is 476 g/mol. The molecule has 0 amide bonds. The lowest BCUT2D eigenvalue weighted by molar-refractivity contribution is 0.264. The van der Waals surface area contributed by atoms with E-state index in [0.717, 1.165) is 54.1 Å². The Morgan fingerprint density at radius 3 is 2.56 bits per heavy atom. The van der Waals surface area contributed by atoms with E-state index in [9.17, 15) is 4.79 Å². The number of aromatic nitrogens is 4. The quantitative estimate of drug-likeness (QED) is 0.444. The molecule has 3 heterocycles. The summed E-state index contributed by atoms with van der Waals surface area (Å²) in [4.78, 5) is 22.8. The van der Waals surface area contributed by atoms with Crippen LogP contribution in [0.2, 0.25) is 5.02 Å². The predicted octanol–water partition coefficient (Wildman–Crippen LogP) is 4.48. The standard InChI is InChI=1S/C26H29ClN6O/c1-16-15-33(31-17(16)2)20-6-4-18(5-7-20)12-25-29-23-14-24(22(27)13-21(23)26(34)30-25)28-19-8-10-32(3)11-9-19/h4-7,13-15,19,28H,8-12H2,1-3H3,(H,29,30,34). The molecule has 176 valence electrons. The maximum absolute atomic E-state index is 12.8. The molecule has 4 aromatic rings. The van der Waals surface area contributed by atoms with Gasteiger partial charge in [0.05, 0.1) is 33.0 Å². The number of anilines is 1. The molecule has 0 saturated carbocycles. The van der Waals surface area contributed by atoms with E-state index in [-0.39, 0.29) is 5.56 Å². The highest BCUT2D eigenvalue weighted by Gasteiger charge is 2.18. The Kier molecular flexibility index (Phi) is 6.15. The van der Waals surface area contributed by atoms with Gasteiger partial charge in [0.25, 0.3) is 5.56 Å². The zero-order valence-corrected chi connectivity index (χ0v) is 20.5. The van der Waals surface area contributed by atoms with Crippen LogP contribution in [-0.4, -0.2) is 50.8 Å². The van der Waals surface area contributed by atoms with Crippen molar-refractivity contribution in [3.05, 3.63) is 80.6 Å². The van der Waals surface area contributed by atoms with E-state index in [1.807, 2.05) is 48.1 Å². The van der Waals surface area contributed by atoms with Crippen molar-refractivity contribution in [3.63, 3.8) is 0 Å². The first kappa shape index (κ1) is 22.6. The zero-order chi connectivity index (χ0) is 23.8. The molecule has 2 aromatic carbocycles. The number of aromatic amines is 1. The van der Waals surface area contributed by atoms with Gasteiger partial charge < -0.3 is 15.2 Å². The van der Waals surface area contributed by atoms with E-state index in [2.05, 4.69) is 34.3 Å². The number of nitrogens with zero attached hydrogens (tertiary/aromatic N) is 4. The second kappa shape index (κ2) is 9.24. The number of halogens is 1. The molecule has 0 aliphatic carbocycles. The first-order valence-corrected chi connectivity index (χ1v) is 12.0. The number of likely N-dealkylation sites (tertiary alicyclic amines) is 1. The van der Waals surface area contributed by atoms with Crippen LogP contribution in [0, 0.1) is 13.8 Å². The Hall–Kier alpha value is -3.16. The van der Waals surface area contributed by atoms with Crippen LogP contribution in [-0.2, 0) is 6.42 Å². The van der Waals surface area contributed by atoms with Gasteiger partial charge in [-0.3, -0.25) is 4.79 Å². The van der Waals surface area contributed by atoms with Gasteiger partial charge in [0.15, 0.2) is 0 Å². The van der Waals surface area contributed by atoms with E-state index < -0.39 is 0 Å². The fraction of sp³-hybridized carbons (Fsp3) is 0.346. The second-order valence-electron chi connectivity index (χ2n) is 9.27. The second-order valence-corrected chi connectivity index (χ2v) is 9.68. The van der Waals surface area contributed by atoms with Crippen LogP contribution in [0.15, 0.2) is 47.4 Å². The normalized spacial score (nSPS) is 15.2. The Balaban J connectivity index is 1.38. The fourth-order valence-electron chi connectivity index (χ4n) is 4.41. The number of hydrogen-bond acceptors (Lipinski definition) is 5. The molecule has 2 N–H and O–H groups in total. The molecule has 7 nitrogen and oxygen atoms in total. The number of nitrogens with one attached hydrogen (secondary N) is 2. The lowest BCUT2D eigenvalue weighted by Crippen LogP contribution is -2.36. The van der Waals surface area contributed by atoms with E-state index in [4.69, 9.17) is 16.6 Å². The van der Waals surface area contributed by atoms with Crippen LogP contribution < -0.4 is 10.9 Å². The molecular weight excluding hydrogens is 448 g/mol. The third-order valence-corrected chi connectivity index (χ3v) is 6.95. The SMILES string of the molecule is Cc1cn(-c2ccc(Cc3nc4cc(NC5CCN(C)CC5)c(Cl)cc4c(=O)[nH]3)cc2)nc1C. The Morgan fingerprint density at radius 1 is 1.15 bits per heavy atom. The van der Waals surface area contributed by atoms with Crippen LogP contribution in [0.1, 0.15) is 35.5 Å². The van der Waals surface area contributed by atoms with Crippen molar-refractivity contribution >= 4 is 28.2 Å². The molecule has 1 aliphatic rings. The minimum absolute atomic E-state index is 0.174. The Morgan fingerprint density at radius 2 is 1.88 bits per heavy atom. The molecule has 5 rings (SSSR count). The number of aryl methyl sites for hydroxylation is 2. The summed E-state index contributed by atoms with van der Waals surface area (Å²) in [5.74, 6) is 0.628. The molecule has 0 bridgehead atoms.